The van der Waals surface area contributed by atoms with Gasteiger partial charge in [-0.25, -0.2) is 4.98 Å². The van der Waals surface area contributed by atoms with Crippen molar-refractivity contribution in [3.8, 4) is 72.7 Å². The van der Waals surface area contributed by atoms with Crippen molar-refractivity contribution >= 4 is 43.4 Å². The van der Waals surface area contributed by atoms with Gasteiger partial charge in [-0.3, -0.25) is 4.57 Å². The van der Waals surface area contributed by atoms with Gasteiger partial charge in [-0.2, -0.15) is 0 Å². The summed E-state index contributed by atoms with van der Waals surface area (Å²) in [4.78, 5) is 5.20. The Morgan fingerprint density at radius 2 is 0.967 bits per heavy atom. The maximum Gasteiger partial charge on any atom is 0.145 e. The fourth-order valence-corrected chi connectivity index (χ4v) is 10.8. The van der Waals surface area contributed by atoms with Crippen LogP contribution in [-0.2, 0) is 5.41 Å². The van der Waals surface area contributed by atoms with E-state index in [1.807, 2.05) is 0 Å². The van der Waals surface area contributed by atoms with Crippen LogP contribution in [0.1, 0.15) is 25.0 Å². The minimum atomic E-state index is -0.142. The second-order valence-corrected chi connectivity index (χ2v) is 17.0. The summed E-state index contributed by atoms with van der Waals surface area (Å²) in [6, 6.07) is 71.8. The van der Waals surface area contributed by atoms with Gasteiger partial charge >= 0.3 is 0 Å². The lowest BCUT2D eigenvalue weighted by molar-refractivity contribution is 0.661. The molecule has 60 heavy (non-hydrogen) atoms. The standard InChI is InChI=1S/C58H38N2/c1-58(2)50-24-11-10-19-40(50)47-33-48-49(34-51(47)58)54(35-27-29-36(30-28-35)57-59-52-25-12-13-26-53(52)60(57)37-15-4-3-5-16-37)42-20-8-9-21-43(42)56(48)46-32-31-45-39-18-7-6-17-38(39)41-22-14-23-44(46)55(41)45/h3-34H,1-2H3. The predicted molar refractivity (Wildman–Crippen MR) is 252 cm³/mol. The number of hydrogen-bond acceptors (Lipinski definition) is 1. The van der Waals surface area contributed by atoms with Crippen LogP contribution >= 0.6 is 0 Å². The fourth-order valence-electron chi connectivity index (χ4n) is 10.8. The van der Waals surface area contributed by atoms with Gasteiger partial charge in [0.15, 0.2) is 0 Å². The van der Waals surface area contributed by atoms with Crippen LogP contribution in [0.25, 0.3) is 116 Å². The van der Waals surface area contributed by atoms with Crippen molar-refractivity contribution < 1.29 is 0 Å². The SMILES string of the molecule is CC1(C)c2ccccc2-c2cc3c(-c4ccc5c6c(cccc46)-c4ccccc4-5)c4ccccc4c(-c4ccc(-c5nc6ccccc6n5-c5ccccc5)cc4)c3cc21. The van der Waals surface area contributed by atoms with E-state index in [1.165, 1.54) is 99.1 Å². The summed E-state index contributed by atoms with van der Waals surface area (Å²) in [7, 11) is 0. The molecule has 0 radical (unpaired) electrons. The number of para-hydroxylation sites is 3. The molecule has 0 N–H and O–H groups in total. The van der Waals surface area contributed by atoms with Crippen molar-refractivity contribution in [2.45, 2.75) is 19.3 Å². The lowest BCUT2D eigenvalue weighted by atomic mass is 9.79. The van der Waals surface area contributed by atoms with Crippen molar-refractivity contribution in [3.63, 3.8) is 0 Å². The van der Waals surface area contributed by atoms with E-state index < -0.39 is 0 Å². The second kappa shape index (κ2) is 12.2. The van der Waals surface area contributed by atoms with E-state index >= 15 is 0 Å². The van der Waals surface area contributed by atoms with Gasteiger partial charge in [-0.1, -0.05) is 172 Å². The van der Waals surface area contributed by atoms with Gasteiger partial charge in [-0.05, 0) is 135 Å². The number of benzene rings is 10. The molecule has 0 unspecified atom stereocenters. The van der Waals surface area contributed by atoms with Crippen molar-refractivity contribution in [2.75, 3.05) is 0 Å². The first kappa shape index (κ1) is 33.4. The molecule has 2 heteroatoms. The van der Waals surface area contributed by atoms with E-state index in [0.29, 0.717) is 0 Å². The minimum Gasteiger partial charge on any atom is -0.292 e. The first-order chi connectivity index (χ1) is 29.5. The maximum atomic E-state index is 5.20. The summed E-state index contributed by atoms with van der Waals surface area (Å²) in [6.45, 7) is 4.78. The molecule has 2 aliphatic rings. The minimum absolute atomic E-state index is 0.142. The van der Waals surface area contributed by atoms with E-state index in [-0.39, 0.29) is 5.41 Å². The van der Waals surface area contributed by atoms with Crippen molar-refractivity contribution in [1.82, 2.24) is 9.55 Å². The number of nitrogens with zero attached hydrogens (tertiary/aromatic N) is 2. The molecule has 0 fully saturated rings. The highest BCUT2D eigenvalue weighted by molar-refractivity contribution is 6.27. The second-order valence-electron chi connectivity index (χ2n) is 17.0. The van der Waals surface area contributed by atoms with Crippen molar-refractivity contribution in [2.24, 2.45) is 0 Å². The Balaban J connectivity index is 1.10. The zero-order valence-electron chi connectivity index (χ0n) is 33.4. The van der Waals surface area contributed by atoms with Crippen LogP contribution in [0.4, 0.5) is 0 Å². The Hall–Kier alpha value is -7.55. The number of rotatable bonds is 4. The average molecular weight is 763 g/mol. The monoisotopic (exact) mass is 762 g/mol. The highest BCUT2D eigenvalue weighted by atomic mass is 15.1. The van der Waals surface area contributed by atoms with Gasteiger partial charge in [0, 0.05) is 16.7 Å². The molecule has 0 spiro atoms. The van der Waals surface area contributed by atoms with Crippen LogP contribution in [0.3, 0.4) is 0 Å². The Labute approximate surface area is 348 Å². The Morgan fingerprint density at radius 1 is 0.383 bits per heavy atom. The molecule has 13 rings (SSSR count). The molecule has 0 atom stereocenters. The molecular formula is C58H38N2. The summed E-state index contributed by atoms with van der Waals surface area (Å²) in [5, 5.41) is 7.72. The van der Waals surface area contributed by atoms with Crippen LogP contribution < -0.4 is 0 Å². The van der Waals surface area contributed by atoms with Crippen LogP contribution in [0, 0.1) is 0 Å². The molecule has 0 bridgehead atoms. The highest BCUT2D eigenvalue weighted by Gasteiger charge is 2.36. The molecule has 0 aliphatic heterocycles. The van der Waals surface area contributed by atoms with Gasteiger partial charge in [0.2, 0.25) is 0 Å². The van der Waals surface area contributed by atoms with Gasteiger partial charge in [-0.15, -0.1) is 0 Å². The van der Waals surface area contributed by atoms with Crippen LogP contribution in [0.15, 0.2) is 194 Å². The molecule has 2 aliphatic carbocycles. The number of fused-ring (bicyclic) bond motifs is 9. The molecule has 0 amide bonds. The molecule has 280 valence electrons. The lowest BCUT2D eigenvalue weighted by Gasteiger charge is -2.24. The van der Waals surface area contributed by atoms with E-state index in [1.54, 1.807) is 0 Å². The van der Waals surface area contributed by atoms with Crippen molar-refractivity contribution in [1.29, 1.82) is 0 Å². The first-order valence-electron chi connectivity index (χ1n) is 21.0. The quantitative estimate of drug-likeness (QED) is 0.163. The predicted octanol–water partition coefficient (Wildman–Crippen LogP) is 15.4. The zero-order chi connectivity index (χ0) is 39.7. The smallest absolute Gasteiger partial charge is 0.145 e. The number of hydrogen-bond donors (Lipinski definition) is 0. The first-order valence-corrected chi connectivity index (χ1v) is 21.0. The van der Waals surface area contributed by atoms with E-state index in [2.05, 4.69) is 213 Å². The summed E-state index contributed by atoms with van der Waals surface area (Å²) < 4.78 is 2.28. The largest absolute Gasteiger partial charge is 0.292 e. The normalized spacial score (nSPS) is 13.3. The highest BCUT2D eigenvalue weighted by Crippen LogP contribution is 2.55. The summed E-state index contributed by atoms with van der Waals surface area (Å²) in [5.74, 6) is 0.936. The summed E-state index contributed by atoms with van der Waals surface area (Å²) >= 11 is 0. The Bertz CT molecular complexity index is 3580. The molecule has 0 saturated carbocycles. The zero-order valence-corrected chi connectivity index (χ0v) is 33.4. The molecule has 2 nitrogen and oxygen atoms in total. The molecule has 10 aromatic carbocycles. The van der Waals surface area contributed by atoms with Crippen LogP contribution in [0.2, 0.25) is 0 Å². The molecule has 0 saturated heterocycles. The molecule has 1 heterocycles. The summed E-state index contributed by atoms with van der Waals surface area (Å²) in [5.41, 5.74) is 19.9. The third kappa shape index (κ3) is 4.51. The molecule has 1 aromatic heterocycles. The number of imidazole rings is 1. The van der Waals surface area contributed by atoms with E-state index in [0.717, 1.165) is 28.1 Å². The topological polar surface area (TPSA) is 17.8 Å². The van der Waals surface area contributed by atoms with Gasteiger partial charge in [0.25, 0.3) is 0 Å². The third-order valence-corrected chi connectivity index (χ3v) is 13.6. The van der Waals surface area contributed by atoms with Gasteiger partial charge < -0.3 is 0 Å². The number of aromatic nitrogens is 2. The third-order valence-electron chi connectivity index (χ3n) is 13.6. The van der Waals surface area contributed by atoms with E-state index in [9.17, 15) is 0 Å². The summed E-state index contributed by atoms with van der Waals surface area (Å²) in [6.07, 6.45) is 0. The lowest BCUT2D eigenvalue weighted by Crippen LogP contribution is -2.14. The molecule has 11 aromatic rings. The fraction of sp³-hybridized carbons (Fsp3) is 0.0517. The average Bonchev–Trinajstić information content (AvgIpc) is 3.92. The van der Waals surface area contributed by atoms with Crippen LogP contribution in [0.5, 0.6) is 0 Å². The van der Waals surface area contributed by atoms with Crippen LogP contribution in [-0.4, -0.2) is 9.55 Å². The van der Waals surface area contributed by atoms with Gasteiger partial charge in [0.05, 0.1) is 11.0 Å². The Morgan fingerprint density at radius 3 is 1.77 bits per heavy atom. The molecular weight excluding hydrogens is 725 g/mol. The Kier molecular flexibility index (Phi) is 6.82. The van der Waals surface area contributed by atoms with E-state index in [4.69, 9.17) is 4.98 Å². The maximum absolute atomic E-state index is 5.20. The van der Waals surface area contributed by atoms with Gasteiger partial charge in [0.1, 0.15) is 5.82 Å². The van der Waals surface area contributed by atoms with Crippen molar-refractivity contribution in [3.05, 3.63) is 205 Å².